The zero-order chi connectivity index (χ0) is 17.1. The molecule has 0 saturated heterocycles. The molecule has 0 radical (unpaired) electrons. The number of hydrogen-bond donors (Lipinski definition) is 1. The molecule has 0 spiro atoms. The first kappa shape index (κ1) is 17.1. The summed E-state index contributed by atoms with van der Waals surface area (Å²) in [6.45, 7) is 2.04. The fourth-order valence-corrected chi connectivity index (χ4v) is 4.37. The van der Waals surface area contributed by atoms with Gasteiger partial charge < -0.3 is 10.1 Å². The minimum atomic E-state index is -0.810. The number of nitrogens with one attached hydrogen (secondary N) is 1. The van der Waals surface area contributed by atoms with Gasteiger partial charge in [0.25, 0.3) is 5.91 Å². The molecule has 2 aliphatic carbocycles. The molecule has 2 aliphatic rings. The molecular weight excluding hydrogens is 326 g/mol. The van der Waals surface area contributed by atoms with Gasteiger partial charge in [-0.15, -0.1) is 11.3 Å². The summed E-state index contributed by atoms with van der Waals surface area (Å²) in [5.74, 6) is -0.518. The van der Waals surface area contributed by atoms with E-state index < -0.39 is 6.10 Å². The highest BCUT2D eigenvalue weighted by atomic mass is 32.1. The summed E-state index contributed by atoms with van der Waals surface area (Å²) < 4.78 is 5.36. The molecule has 1 unspecified atom stereocenters. The van der Waals surface area contributed by atoms with Crippen molar-refractivity contribution in [1.29, 1.82) is 0 Å². The monoisotopic (exact) mass is 349 g/mol. The van der Waals surface area contributed by atoms with E-state index in [-0.39, 0.29) is 29.6 Å². The lowest BCUT2D eigenvalue weighted by molar-refractivity contribution is -0.162. The normalized spacial score (nSPS) is 27.4. The van der Waals surface area contributed by atoms with Crippen molar-refractivity contribution in [3.8, 4) is 0 Å². The summed E-state index contributed by atoms with van der Waals surface area (Å²) in [4.78, 5) is 37.6. The SMILES string of the molecule is C[C@@H](OC(=O)C1C[C@H]2CCC[C@@H](C1)C2=O)C(=O)NCc1cccs1. The summed E-state index contributed by atoms with van der Waals surface area (Å²) >= 11 is 1.57. The summed E-state index contributed by atoms with van der Waals surface area (Å²) in [5.41, 5.74) is 0. The van der Waals surface area contributed by atoms with Gasteiger partial charge in [0, 0.05) is 16.7 Å². The molecule has 1 aromatic rings. The molecule has 1 amide bonds. The lowest BCUT2D eigenvalue weighted by Gasteiger charge is -2.36. The van der Waals surface area contributed by atoms with Gasteiger partial charge in [0.15, 0.2) is 6.10 Å². The van der Waals surface area contributed by atoms with E-state index in [1.54, 1.807) is 18.3 Å². The van der Waals surface area contributed by atoms with Crippen molar-refractivity contribution in [2.24, 2.45) is 17.8 Å². The van der Waals surface area contributed by atoms with Gasteiger partial charge in [-0.05, 0) is 44.1 Å². The number of esters is 1. The van der Waals surface area contributed by atoms with Crippen LogP contribution in [-0.2, 0) is 25.7 Å². The van der Waals surface area contributed by atoms with Crippen LogP contribution in [0.25, 0.3) is 0 Å². The Morgan fingerprint density at radius 2 is 2.04 bits per heavy atom. The van der Waals surface area contributed by atoms with E-state index in [9.17, 15) is 14.4 Å². The van der Waals surface area contributed by atoms with E-state index in [2.05, 4.69) is 5.32 Å². The Morgan fingerprint density at radius 3 is 2.67 bits per heavy atom. The van der Waals surface area contributed by atoms with E-state index in [0.29, 0.717) is 25.2 Å². The predicted octanol–water partition coefficient (Wildman–Crippen LogP) is 2.69. The van der Waals surface area contributed by atoms with E-state index in [1.807, 2.05) is 17.5 Å². The molecule has 5 nitrogen and oxygen atoms in total. The maximum Gasteiger partial charge on any atom is 0.309 e. The molecule has 6 heteroatoms. The van der Waals surface area contributed by atoms with E-state index in [1.165, 1.54) is 0 Å². The second-order valence-electron chi connectivity index (χ2n) is 6.77. The van der Waals surface area contributed by atoms with Gasteiger partial charge in [-0.3, -0.25) is 14.4 Å². The number of Topliss-reactive ketones (excluding diaryl/α,β-unsaturated/α-hetero) is 1. The maximum atomic E-state index is 12.4. The highest BCUT2D eigenvalue weighted by molar-refractivity contribution is 7.09. The average molecular weight is 349 g/mol. The Balaban J connectivity index is 1.48. The quantitative estimate of drug-likeness (QED) is 0.830. The third kappa shape index (κ3) is 3.86. The van der Waals surface area contributed by atoms with Gasteiger partial charge in [-0.2, -0.15) is 0 Å². The Hall–Kier alpha value is -1.69. The molecule has 0 aliphatic heterocycles. The first-order valence-corrected chi connectivity index (χ1v) is 9.47. The Labute approximate surface area is 145 Å². The van der Waals surface area contributed by atoms with E-state index in [0.717, 1.165) is 24.1 Å². The van der Waals surface area contributed by atoms with Crippen molar-refractivity contribution in [1.82, 2.24) is 5.32 Å². The molecule has 130 valence electrons. The van der Waals surface area contributed by atoms with Gasteiger partial charge in [0.05, 0.1) is 12.5 Å². The lowest BCUT2D eigenvalue weighted by atomic mass is 9.67. The Bertz CT molecular complexity index is 597. The Morgan fingerprint density at radius 1 is 1.33 bits per heavy atom. The van der Waals surface area contributed by atoms with Crippen molar-refractivity contribution in [3.05, 3.63) is 22.4 Å². The van der Waals surface area contributed by atoms with Gasteiger partial charge in [-0.25, -0.2) is 0 Å². The largest absolute Gasteiger partial charge is 0.452 e. The number of carbonyl (C=O) groups excluding carboxylic acids is 3. The highest BCUT2D eigenvalue weighted by Crippen LogP contribution is 2.40. The number of carbonyl (C=O) groups is 3. The van der Waals surface area contributed by atoms with Crippen LogP contribution in [-0.4, -0.2) is 23.8 Å². The van der Waals surface area contributed by atoms with Crippen molar-refractivity contribution >= 4 is 29.0 Å². The van der Waals surface area contributed by atoms with Crippen LogP contribution in [0.2, 0.25) is 0 Å². The number of amides is 1. The van der Waals surface area contributed by atoms with Gasteiger partial charge in [0.1, 0.15) is 5.78 Å². The highest BCUT2D eigenvalue weighted by Gasteiger charge is 2.42. The lowest BCUT2D eigenvalue weighted by Crippen LogP contribution is -2.42. The predicted molar refractivity (Wildman–Crippen MR) is 90.3 cm³/mol. The number of thiophene rings is 1. The molecule has 0 aromatic carbocycles. The number of hydrogen-bond acceptors (Lipinski definition) is 5. The second kappa shape index (κ2) is 7.47. The summed E-state index contributed by atoms with van der Waals surface area (Å²) in [6.07, 6.45) is 3.20. The molecule has 1 aromatic heterocycles. The topological polar surface area (TPSA) is 72.5 Å². The smallest absolute Gasteiger partial charge is 0.309 e. The van der Waals surface area contributed by atoms with Gasteiger partial charge >= 0.3 is 5.97 Å². The average Bonchev–Trinajstić information content (AvgIpc) is 3.05. The summed E-state index contributed by atoms with van der Waals surface area (Å²) in [7, 11) is 0. The van der Waals surface area contributed by atoms with Crippen LogP contribution in [0.4, 0.5) is 0 Å². The van der Waals surface area contributed by atoms with Crippen molar-refractivity contribution in [2.45, 2.75) is 51.7 Å². The minimum Gasteiger partial charge on any atom is -0.452 e. The van der Waals surface area contributed by atoms with Crippen molar-refractivity contribution < 1.29 is 19.1 Å². The second-order valence-corrected chi connectivity index (χ2v) is 7.80. The van der Waals surface area contributed by atoms with Crippen LogP contribution in [0.1, 0.15) is 43.9 Å². The van der Waals surface area contributed by atoms with Crippen LogP contribution < -0.4 is 5.32 Å². The maximum absolute atomic E-state index is 12.4. The van der Waals surface area contributed by atoms with E-state index in [4.69, 9.17) is 4.74 Å². The minimum absolute atomic E-state index is 0.0120. The zero-order valence-electron chi connectivity index (χ0n) is 13.8. The molecule has 3 rings (SSSR count). The molecule has 2 bridgehead atoms. The van der Waals surface area contributed by atoms with E-state index >= 15 is 0 Å². The third-order valence-corrected chi connectivity index (χ3v) is 5.94. The number of ether oxygens (including phenoxy) is 1. The first-order chi connectivity index (χ1) is 11.5. The van der Waals surface area contributed by atoms with Crippen molar-refractivity contribution in [3.63, 3.8) is 0 Å². The molecule has 2 fully saturated rings. The molecule has 1 heterocycles. The number of rotatable bonds is 5. The molecule has 4 atom stereocenters. The first-order valence-electron chi connectivity index (χ1n) is 8.59. The van der Waals surface area contributed by atoms with Crippen LogP contribution in [0.15, 0.2) is 17.5 Å². The van der Waals surface area contributed by atoms with Crippen LogP contribution in [0.5, 0.6) is 0 Å². The zero-order valence-corrected chi connectivity index (χ0v) is 14.6. The van der Waals surface area contributed by atoms with Crippen LogP contribution >= 0.6 is 11.3 Å². The van der Waals surface area contributed by atoms with Crippen LogP contribution in [0.3, 0.4) is 0 Å². The van der Waals surface area contributed by atoms with Crippen molar-refractivity contribution in [2.75, 3.05) is 0 Å². The Kier molecular flexibility index (Phi) is 5.33. The molecular formula is C18H23NO4S. The van der Waals surface area contributed by atoms with Gasteiger partial charge in [-0.1, -0.05) is 12.5 Å². The molecule has 24 heavy (non-hydrogen) atoms. The third-order valence-electron chi connectivity index (χ3n) is 5.06. The fourth-order valence-electron chi connectivity index (χ4n) is 3.73. The fraction of sp³-hybridized carbons (Fsp3) is 0.611. The summed E-state index contributed by atoms with van der Waals surface area (Å²) in [6, 6.07) is 3.87. The van der Waals surface area contributed by atoms with Crippen LogP contribution in [0, 0.1) is 17.8 Å². The van der Waals surface area contributed by atoms with Gasteiger partial charge in [0.2, 0.25) is 0 Å². The summed E-state index contributed by atoms with van der Waals surface area (Å²) in [5, 5.41) is 4.73. The molecule has 1 N–H and O–H groups in total. The number of fused-ring (bicyclic) bond motifs is 2. The molecule has 2 saturated carbocycles. The standard InChI is InChI=1S/C18H23NO4S/c1-11(17(21)19-10-15-6-3-7-24-15)23-18(22)14-8-12-4-2-5-13(9-14)16(12)20/h3,6-7,11-14H,2,4-5,8-10H2,1H3,(H,19,21)/t11-,12-,13+,14?/m1/s1. The number of ketones is 1.